The lowest BCUT2D eigenvalue weighted by atomic mass is 10.2. The smallest absolute Gasteiger partial charge is 0.130 e. The summed E-state index contributed by atoms with van der Waals surface area (Å²) < 4.78 is 0.949. The van der Waals surface area contributed by atoms with Gasteiger partial charge < -0.3 is 5.32 Å². The first-order valence-electron chi connectivity index (χ1n) is 5.20. The molecule has 0 atom stereocenters. The van der Waals surface area contributed by atoms with Crippen LogP contribution in [0, 0.1) is 18.3 Å². The molecule has 0 amide bonds. The van der Waals surface area contributed by atoms with Crippen LogP contribution in [0.15, 0.2) is 34.8 Å². The first kappa shape index (κ1) is 12.9. The molecule has 1 heterocycles. The number of hydrogen-bond donors (Lipinski definition) is 1. The highest BCUT2D eigenvalue weighted by atomic mass is 79.9. The summed E-state index contributed by atoms with van der Waals surface area (Å²) in [6, 6.07) is 10.9. The molecule has 2 rings (SSSR count). The minimum absolute atomic E-state index is 0.552. The normalized spacial score (nSPS) is 9.89. The predicted molar refractivity (Wildman–Crippen MR) is 76.1 cm³/mol. The zero-order valence-electron chi connectivity index (χ0n) is 9.54. The third-order valence-electron chi connectivity index (χ3n) is 2.38. The molecule has 1 N–H and O–H groups in total. The van der Waals surface area contributed by atoms with E-state index in [1.54, 1.807) is 18.2 Å². The van der Waals surface area contributed by atoms with Crippen molar-refractivity contribution in [2.45, 2.75) is 6.92 Å². The second kappa shape index (κ2) is 5.38. The number of aromatic nitrogens is 1. The highest BCUT2D eigenvalue weighted by Crippen LogP contribution is 2.26. The average Bonchev–Trinajstić information content (AvgIpc) is 2.36. The van der Waals surface area contributed by atoms with Crippen molar-refractivity contribution >= 4 is 39.0 Å². The lowest BCUT2D eigenvalue weighted by molar-refractivity contribution is 1.18. The van der Waals surface area contributed by atoms with Gasteiger partial charge >= 0.3 is 0 Å². The third-order valence-corrected chi connectivity index (χ3v) is 3.55. The van der Waals surface area contributed by atoms with Crippen molar-refractivity contribution in [3.8, 4) is 6.07 Å². The molecule has 90 valence electrons. The van der Waals surface area contributed by atoms with Gasteiger partial charge in [-0.05, 0) is 53.2 Å². The number of nitriles is 1. The van der Waals surface area contributed by atoms with E-state index in [-0.39, 0.29) is 0 Å². The Morgan fingerprint density at radius 2 is 2.11 bits per heavy atom. The predicted octanol–water partition coefficient (Wildman–Crippen LogP) is 4.42. The van der Waals surface area contributed by atoms with Crippen LogP contribution in [0.3, 0.4) is 0 Å². The van der Waals surface area contributed by atoms with E-state index in [4.69, 9.17) is 16.9 Å². The molecule has 0 radical (unpaired) electrons. The van der Waals surface area contributed by atoms with Crippen LogP contribution in [0.1, 0.15) is 11.3 Å². The molecule has 0 fully saturated rings. The molecule has 5 heteroatoms. The Labute approximate surface area is 119 Å². The Kier molecular flexibility index (Phi) is 3.85. The number of anilines is 2. The van der Waals surface area contributed by atoms with Crippen molar-refractivity contribution < 1.29 is 0 Å². The van der Waals surface area contributed by atoms with E-state index in [1.807, 2.05) is 19.1 Å². The third kappa shape index (κ3) is 2.81. The maximum absolute atomic E-state index is 8.86. The van der Waals surface area contributed by atoms with Crippen molar-refractivity contribution in [2.24, 2.45) is 0 Å². The summed E-state index contributed by atoms with van der Waals surface area (Å²) in [6.45, 7) is 1.91. The standard InChI is InChI=1S/C13H9BrClN3/c1-8-10(14)3-5-13(17-8)18-12-6-9(7-16)2-4-11(12)15/h2-6H,1H3,(H,17,18). The zero-order chi connectivity index (χ0) is 13.1. The molecule has 3 nitrogen and oxygen atoms in total. The molecule has 0 saturated carbocycles. The van der Waals surface area contributed by atoms with Gasteiger partial charge in [-0.2, -0.15) is 5.26 Å². The van der Waals surface area contributed by atoms with Gasteiger partial charge in [-0.1, -0.05) is 11.6 Å². The minimum Gasteiger partial charge on any atom is -0.339 e. The number of nitrogens with zero attached hydrogens (tertiary/aromatic N) is 2. The molecule has 1 aromatic heterocycles. The first-order valence-corrected chi connectivity index (χ1v) is 6.37. The quantitative estimate of drug-likeness (QED) is 0.890. The van der Waals surface area contributed by atoms with Crippen molar-refractivity contribution in [3.05, 3.63) is 51.1 Å². The highest BCUT2D eigenvalue weighted by Gasteiger charge is 2.04. The number of nitrogens with one attached hydrogen (secondary N) is 1. The maximum Gasteiger partial charge on any atom is 0.130 e. The number of hydrogen-bond acceptors (Lipinski definition) is 3. The van der Waals surface area contributed by atoms with Gasteiger partial charge in [-0.25, -0.2) is 4.98 Å². The van der Waals surface area contributed by atoms with Gasteiger partial charge in [0.2, 0.25) is 0 Å². The molecular formula is C13H9BrClN3. The molecule has 0 saturated heterocycles. The molecule has 1 aromatic carbocycles. The summed E-state index contributed by atoms with van der Waals surface area (Å²) in [5.41, 5.74) is 2.10. The Bertz CT molecular complexity index is 635. The number of benzene rings is 1. The van der Waals surface area contributed by atoms with Crippen LogP contribution >= 0.6 is 27.5 Å². The molecule has 0 aliphatic rings. The number of aryl methyl sites for hydroxylation is 1. The minimum atomic E-state index is 0.552. The maximum atomic E-state index is 8.86. The second-order valence-electron chi connectivity index (χ2n) is 3.70. The van der Waals surface area contributed by atoms with Gasteiger partial charge in [0.25, 0.3) is 0 Å². The van der Waals surface area contributed by atoms with Crippen LogP contribution in [0.2, 0.25) is 5.02 Å². The number of halogens is 2. The summed E-state index contributed by atoms with van der Waals surface area (Å²) in [5, 5.41) is 12.5. The molecule has 18 heavy (non-hydrogen) atoms. The Morgan fingerprint density at radius 1 is 1.33 bits per heavy atom. The Balaban J connectivity index is 2.33. The fourth-order valence-corrected chi connectivity index (χ4v) is 1.83. The van der Waals surface area contributed by atoms with Crippen molar-refractivity contribution in [3.63, 3.8) is 0 Å². The zero-order valence-corrected chi connectivity index (χ0v) is 11.9. The summed E-state index contributed by atoms with van der Waals surface area (Å²) in [5.74, 6) is 0.688. The van der Waals surface area contributed by atoms with Crippen LogP contribution in [0.5, 0.6) is 0 Å². The second-order valence-corrected chi connectivity index (χ2v) is 4.96. The topological polar surface area (TPSA) is 48.7 Å². The van der Waals surface area contributed by atoms with E-state index in [1.165, 1.54) is 0 Å². The highest BCUT2D eigenvalue weighted by molar-refractivity contribution is 9.10. The summed E-state index contributed by atoms with van der Waals surface area (Å²) >= 11 is 9.46. The first-order chi connectivity index (χ1) is 8.60. The van der Waals surface area contributed by atoms with Crippen LogP contribution in [0.4, 0.5) is 11.5 Å². The van der Waals surface area contributed by atoms with Crippen LogP contribution < -0.4 is 5.32 Å². The molecule has 0 aliphatic carbocycles. The molecule has 0 bridgehead atoms. The Hall–Kier alpha value is -1.57. The van der Waals surface area contributed by atoms with Gasteiger partial charge in [-0.3, -0.25) is 0 Å². The van der Waals surface area contributed by atoms with Crippen molar-refractivity contribution in [2.75, 3.05) is 5.32 Å². The largest absolute Gasteiger partial charge is 0.339 e. The number of pyridine rings is 1. The van der Waals surface area contributed by atoms with E-state index in [0.29, 0.717) is 22.1 Å². The monoisotopic (exact) mass is 321 g/mol. The Morgan fingerprint density at radius 3 is 2.78 bits per heavy atom. The SMILES string of the molecule is Cc1nc(Nc2cc(C#N)ccc2Cl)ccc1Br. The molecule has 2 aromatic rings. The lowest BCUT2D eigenvalue weighted by Crippen LogP contribution is -1.96. The molecule has 0 aliphatic heterocycles. The summed E-state index contributed by atoms with van der Waals surface area (Å²) in [7, 11) is 0. The van der Waals surface area contributed by atoms with Crippen molar-refractivity contribution in [1.82, 2.24) is 4.98 Å². The van der Waals surface area contributed by atoms with E-state index >= 15 is 0 Å². The van der Waals surface area contributed by atoms with E-state index < -0.39 is 0 Å². The van der Waals surface area contributed by atoms with Gasteiger partial charge in [0.15, 0.2) is 0 Å². The summed E-state index contributed by atoms with van der Waals surface area (Å²) in [6.07, 6.45) is 0. The molecule has 0 spiro atoms. The van der Waals surface area contributed by atoms with Crippen LogP contribution in [-0.2, 0) is 0 Å². The molecule has 0 unspecified atom stereocenters. The van der Waals surface area contributed by atoms with E-state index in [9.17, 15) is 0 Å². The van der Waals surface area contributed by atoms with Gasteiger partial charge in [0, 0.05) is 4.47 Å². The van der Waals surface area contributed by atoms with Gasteiger partial charge in [0.1, 0.15) is 5.82 Å². The fraction of sp³-hybridized carbons (Fsp3) is 0.0769. The van der Waals surface area contributed by atoms with E-state index in [0.717, 1.165) is 10.2 Å². The summed E-state index contributed by atoms with van der Waals surface area (Å²) in [4.78, 5) is 4.37. The van der Waals surface area contributed by atoms with Crippen LogP contribution in [0.25, 0.3) is 0 Å². The average molecular weight is 323 g/mol. The van der Waals surface area contributed by atoms with Gasteiger partial charge in [0.05, 0.1) is 28.0 Å². The van der Waals surface area contributed by atoms with Crippen LogP contribution in [-0.4, -0.2) is 4.98 Å². The van der Waals surface area contributed by atoms with Gasteiger partial charge in [-0.15, -0.1) is 0 Å². The molecular weight excluding hydrogens is 314 g/mol. The lowest BCUT2D eigenvalue weighted by Gasteiger charge is -2.09. The van der Waals surface area contributed by atoms with Crippen molar-refractivity contribution in [1.29, 1.82) is 5.26 Å². The van der Waals surface area contributed by atoms with E-state index in [2.05, 4.69) is 32.3 Å². The number of rotatable bonds is 2. The fourth-order valence-electron chi connectivity index (χ4n) is 1.44.